The monoisotopic (exact) mass is 340 g/mol. The lowest BCUT2D eigenvalue weighted by molar-refractivity contribution is -0.154. The molecule has 0 fully saturated rings. The Morgan fingerprint density at radius 3 is 2.74 bits per heavy atom. The Morgan fingerprint density at radius 1 is 1.13 bits per heavy atom. The second-order valence-corrected chi connectivity index (χ2v) is 5.52. The Kier molecular flexibility index (Phi) is 4.28. The zero-order valence-corrected chi connectivity index (χ0v) is 12.5. The molecule has 0 aliphatic rings. The van der Waals surface area contributed by atoms with Crippen LogP contribution in [0.3, 0.4) is 0 Å². The van der Waals surface area contributed by atoms with Gasteiger partial charge >= 0.3 is 6.18 Å². The van der Waals surface area contributed by atoms with Gasteiger partial charge in [0, 0.05) is 18.8 Å². The minimum Gasteiger partial charge on any atom is -0.468 e. The highest BCUT2D eigenvalue weighted by Gasteiger charge is 2.28. The van der Waals surface area contributed by atoms with Crippen LogP contribution in [0.1, 0.15) is 5.56 Å². The second-order valence-electron chi connectivity index (χ2n) is 4.62. The summed E-state index contributed by atoms with van der Waals surface area (Å²) in [7, 11) is 0. The van der Waals surface area contributed by atoms with Crippen LogP contribution in [0.2, 0.25) is 0 Å². The van der Waals surface area contributed by atoms with Gasteiger partial charge in [0.15, 0.2) is 6.61 Å². The molecule has 5 nitrogen and oxygen atoms in total. The number of fused-ring (bicyclic) bond motifs is 1. The summed E-state index contributed by atoms with van der Waals surface area (Å²) in [5.41, 5.74) is 0.798. The molecule has 3 heterocycles. The van der Waals surface area contributed by atoms with Crippen LogP contribution >= 0.6 is 11.3 Å². The first-order chi connectivity index (χ1) is 11.0. The lowest BCUT2D eigenvalue weighted by atomic mass is 10.3. The molecule has 0 saturated carbocycles. The van der Waals surface area contributed by atoms with E-state index in [4.69, 9.17) is 0 Å². The van der Waals surface area contributed by atoms with Gasteiger partial charge in [-0.05, 0) is 17.0 Å². The number of hydrogen-bond acceptors (Lipinski definition) is 6. The molecular formula is C14H11F3N4OS. The molecule has 0 atom stereocenters. The van der Waals surface area contributed by atoms with E-state index in [0.29, 0.717) is 12.4 Å². The number of nitrogens with zero attached hydrogens (tertiary/aromatic N) is 3. The van der Waals surface area contributed by atoms with E-state index in [1.54, 1.807) is 6.07 Å². The van der Waals surface area contributed by atoms with E-state index in [2.05, 4.69) is 25.0 Å². The Labute approximate surface area is 133 Å². The molecule has 0 bridgehead atoms. The van der Waals surface area contributed by atoms with Crippen molar-refractivity contribution in [3.05, 3.63) is 41.7 Å². The molecule has 0 spiro atoms. The molecule has 3 rings (SSSR count). The Bertz CT molecular complexity index is 789. The number of ether oxygens (including phenoxy) is 1. The van der Waals surface area contributed by atoms with Crippen molar-refractivity contribution in [2.24, 2.45) is 0 Å². The quantitative estimate of drug-likeness (QED) is 0.768. The minimum absolute atomic E-state index is 0.0617. The van der Waals surface area contributed by atoms with Gasteiger partial charge in [-0.1, -0.05) is 6.07 Å². The fourth-order valence-corrected chi connectivity index (χ4v) is 2.61. The number of aromatic nitrogens is 3. The average Bonchev–Trinajstić information content (AvgIpc) is 3.00. The molecule has 9 heteroatoms. The van der Waals surface area contributed by atoms with E-state index >= 15 is 0 Å². The topological polar surface area (TPSA) is 59.9 Å². The van der Waals surface area contributed by atoms with E-state index in [0.717, 1.165) is 15.8 Å². The van der Waals surface area contributed by atoms with Crippen molar-refractivity contribution in [1.29, 1.82) is 0 Å². The molecule has 0 unspecified atom stereocenters. The summed E-state index contributed by atoms with van der Waals surface area (Å²) in [5, 5.41) is 6.02. The Hall–Kier alpha value is -2.42. The van der Waals surface area contributed by atoms with Crippen LogP contribution in [0.15, 0.2) is 36.1 Å². The van der Waals surface area contributed by atoms with E-state index in [9.17, 15) is 13.2 Å². The zero-order chi connectivity index (χ0) is 16.3. The number of rotatable bonds is 5. The first-order valence-electron chi connectivity index (χ1n) is 6.58. The van der Waals surface area contributed by atoms with Gasteiger partial charge < -0.3 is 10.1 Å². The molecule has 0 saturated heterocycles. The second kappa shape index (κ2) is 6.37. The summed E-state index contributed by atoms with van der Waals surface area (Å²) in [6.07, 6.45) is -1.43. The number of anilines is 1. The summed E-state index contributed by atoms with van der Waals surface area (Å²) < 4.78 is 40.7. The van der Waals surface area contributed by atoms with Crippen LogP contribution < -0.4 is 10.1 Å². The van der Waals surface area contributed by atoms with Gasteiger partial charge in [0.05, 0.1) is 5.39 Å². The number of alkyl halides is 3. The number of nitrogens with one attached hydrogen (secondary N) is 1. The molecule has 3 aromatic heterocycles. The van der Waals surface area contributed by atoms with Gasteiger partial charge in [-0.25, -0.2) is 15.0 Å². The molecule has 3 aromatic rings. The Morgan fingerprint density at radius 2 is 2.00 bits per heavy atom. The molecule has 0 aromatic carbocycles. The molecule has 0 aliphatic carbocycles. The van der Waals surface area contributed by atoms with Crippen LogP contribution in [0.4, 0.5) is 19.0 Å². The number of thiophene rings is 1. The van der Waals surface area contributed by atoms with Crippen molar-refractivity contribution in [3.8, 4) is 5.88 Å². The third-order valence-electron chi connectivity index (χ3n) is 2.90. The summed E-state index contributed by atoms with van der Waals surface area (Å²) in [5.74, 6) is 0.641. The maximum Gasteiger partial charge on any atom is 0.422 e. The lowest BCUT2D eigenvalue weighted by Crippen LogP contribution is -2.19. The number of hydrogen-bond donors (Lipinski definition) is 1. The molecule has 0 aliphatic heterocycles. The maximum absolute atomic E-state index is 12.1. The largest absolute Gasteiger partial charge is 0.468 e. The molecule has 23 heavy (non-hydrogen) atoms. The molecule has 1 N–H and O–H groups in total. The first kappa shape index (κ1) is 15.5. The number of halogens is 3. The standard InChI is InChI=1S/C14H11F3N4OS/c15-14(16,17)7-22-11-2-1-9(5-18-11)6-19-12-10-3-4-23-13(10)21-8-20-12/h1-5,8H,6-7H2,(H,19,20,21). The third kappa shape index (κ3) is 4.07. The highest BCUT2D eigenvalue weighted by atomic mass is 32.1. The van der Waals surface area contributed by atoms with Crippen LogP contribution in [0, 0.1) is 0 Å². The molecular weight excluding hydrogens is 329 g/mol. The van der Waals surface area contributed by atoms with E-state index in [-0.39, 0.29) is 5.88 Å². The van der Waals surface area contributed by atoms with Gasteiger partial charge in [0.25, 0.3) is 0 Å². The van der Waals surface area contributed by atoms with E-state index in [1.807, 2.05) is 11.4 Å². The van der Waals surface area contributed by atoms with Crippen molar-refractivity contribution in [2.75, 3.05) is 11.9 Å². The predicted molar refractivity (Wildman–Crippen MR) is 80.5 cm³/mol. The first-order valence-corrected chi connectivity index (χ1v) is 7.46. The van der Waals surface area contributed by atoms with Crippen molar-refractivity contribution in [1.82, 2.24) is 15.0 Å². The SMILES string of the molecule is FC(F)(F)COc1ccc(CNc2ncnc3sccc23)cn1. The molecule has 120 valence electrons. The normalized spacial score (nSPS) is 11.6. The van der Waals surface area contributed by atoms with Crippen molar-refractivity contribution >= 4 is 27.4 Å². The van der Waals surface area contributed by atoms with Crippen LogP contribution in [-0.2, 0) is 6.54 Å². The fraction of sp³-hybridized carbons (Fsp3) is 0.214. The number of pyridine rings is 1. The third-order valence-corrected chi connectivity index (χ3v) is 3.72. The summed E-state index contributed by atoms with van der Waals surface area (Å²) in [6, 6.07) is 4.98. The highest BCUT2D eigenvalue weighted by Crippen LogP contribution is 2.24. The van der Waals surface area contributed by atoms with Crippen LogP contribution in [-0.4, -0.2) is 27.7 Å². The van der Waals surface area contributed by atoms with Gasteiger partial charge in [-0.3, -0.25) is 0 Å². The van der Waals surface area contributed by atoms with Gasteiger partial charge in [0.1, 0.15) is 17.0 Å². The molecule has 0 radical (unpaired) electrons. The lowest BCUT2D eigenvalue weighted by Gasteiger charge is -2.09. The van der Waals surface area contributed by atoms with Crippen molar-refractivity contribution in [3.63, 3.8) is 0 Å². The van der Waals surface area contributed by atoms with Crippen molar-refractivity contribution in [2.45, 2.75) is 12.7 Å². The van der Waals surface area contributed by atoms with Gasteiger partial charge in [-0.2, -0.15) is 13.2 Å². The highest BCUT2D eigenvalue weighted by molar-refractivity contribution is 7.16. The zero-order valence-electron chi connectivity index (χ0n) is 11.7. The van der Waals surface area contributed by atoms with E-state index in [1.165, 1.54) is 29.9 Å². The predicted octanol–water partition coefficient (Wildman–Crippen LogP) is 3.64. The van der Waals surface area contributed by atoms with E-state index < -0.39 is 12.8 Å². The van der Waals surface area contributed by atoms with Crippen LogP contribution in [0.5, 0.6) is 5.88 Å². The van der Waals surface area contributed by atoms with Gasteiger partial charge in [-0.15, -0.1) is 11.3 Å². The van der Waals surface area contributed by atoms with Gasteiger partial charge in [0.2, 0.25) is 5.88 Å². The fourth-order valence-electron chi connectivity index (χ4n) is 1.87. The maximum atomic E-state index is 12.1. The Balaban J connectivity index is 1.61. The summed E-state index contributed by atoms with van der Waals surface area (Å²) in [4.78, 5) is 13.1. The van der Waals surface area contributed by atoms with Crippen molar-refractivity contribution < 1.29 is 17.9 Å². The summed E-state index contributed by atoms with van der Waals surface area (Å²) in [6.45, 7) is -0.914. The smallest absolute Gasteiger partial charge is 0.422 e. The average molecular weight is 340 g/mol. The molecule has 0 amide bonds. The minimum atomic E-state index is -4.37. The van der Waals surface area contributed by atoms with Crippen LogP contribution in [0.25, 0.3) is 10.2 Å². The summed E-state index contributed by atoms with van der Waals surface area (Å²) >= 11 is 1.52.